The summed E-state index contributed by atoms with van der Waals surface area (Å²) in [4.78, 5) is 37.6. The third-order valence-electron chi connectivity index (χ3n) is 5.27. The molecule has 160 valence electrons. The van der Waals surface area contributed by atoms with Crippen molar-refractivity contribution in [2.75, 3.05) is 31.6 Å². The van der Waals surface area contributed by atoms with E-state index >= 15 is 0 Å². The highest BCUT2D eigenvalue weighted by atomic mass is 16.5. The Morgan fingerprint density at radius 2 is 2.10 bits per heavy atom. The minimum Gasteiger partial charge on any atom is -0.488 e. The van der Waals surface area contributed by atoms with Crippen LogP contribution in [0.4, 0.5) is 11.5 Å². The number of hydrogen-bond donors (Lipinski definition) is 0. The first-order valence-electron chi connectivity index (χ1n) is 10.2. The summed E-state index contributed by atoms with van der Waals surface area (Å²) in [6.07, 6.45) is 9.05. The Labute approximate surface area is 180 Å². The maximum Gasteiger partial charge on any atom is 0.259 e. The van der Waals surface area contributed by atoms with E-state index in [4.69, 9.17) is 4.74 Å². The Hall–Kier alpha value is -3.68. The van der Waals surface area contributed by atoms with Gasteiger partial charge in [0.05, 0.1) is 12.1 Å². The molecular weight excluding hydrogens is 394 g/mol. The summed E-state index contributed by atoms with van der Waals surface area (Å²) >= 11 is 0. The predicted molar refractivity (Wildman–Crippen MR) is 118 cm³/mol. The first kappa shape index (κ1) is 20.6. The smallest absolute Gasteiger partial charge is 0.259 e. The summed E-state index contributed by atoms with van der Waals surface area (Å²) in [6, 6.07) is 5.41. The van der Waals surface area contributed by atoms with Crippen LogP contribution in [0.1, 0.15) is 34.9 Å². The molecule has 8 nitrogen and oxygen atoms in total. The number of aromatic nitrogens is 2. The molecule has 2 aliphatic rings. The minimum absolute atomic E-state index is 0.0851. The Morgan fingerprint density at radius 3 is 2.81 bits per heavy atom. The van der Waals surface area contributed by atoms with Gasteiger partial charge in [-0.25, -0.2) is 4.98 Å². The van der Waals surface area contributed by atoms with E-state index in [9.17, 15) is 9.59 Å². The molecule has 0 N–H and O–H groups in total. The summed E-state index contributed by atoms with van der Waals surface area (Å²) in [5, 5.41) is 0. The van der Waals surface area contributed by atoms with E-state index in [1.165, 1.54) is 4.57 Å². The van der Waals surface area contributed by atoms with Crippen LogP contribution in [0.15, 0.2) is 60.0 Å². The van der Waals surface area contributed by atoms with Crippen molar-refractivity contribution in [1.29, 1.82) is 0 Å². The van der Waals surface area contributed by atoms with Gasteiger partial charge < -0.3 is 14.5 Å². The molecule has 1 amide bonds. The van der Waals surface area contributed by atoms with Gasteiger partial charge in [0.2, 0.25) is 0 Å². The number of anilines is 2. The lowest BCUT2D eigenvalue weighted by molar-refractivity contribution is 0.0814. The van der Waals surface area contributed by atoms with Crippen molar-refractivity contribution >= 4 is 23.3 Å². The van der Waals surface area contributed by atoms with E-state index < -0.39 is 0 Å². The molecule has 2 aliphatic heterocycles. The van der Waals surface area contributed by atoms with Crippen molar-refractivity contribution in [2.24, 2.45) is 4.99 Å². The minimum atomic E-state index is -0.206. The SMILES string of the molecule is C=C(C)C(=O)n1ccc(N2CCOc3cc(C(=O)N4C=CCCC4)cnc32)cc1=NC. The molecule has 0 spiro atoms. The number of hydrogen-bond acceptors (Lipinski definition) is 6. The number of rotatable bonds is 3. The lowest BCUT2D eigenvalue weighted by Crippen LogP contribution is -2.33. The van der Waals surface area contributed by atoms with E-state index in [-0.39, 0.29) is 11.8 Å². The van der Waals surface area contributed by atoms with E-state index in [0.717, 1.165) is 18.5 Å². The Balaban J connectivity index is 1.67. The molecule has 4 heterocycles. The Bertz CT molecular complexity index is 1150. The van der Waals surface area contributed by atoms with Crippen molar-refractivity contribution in [1.82, 2.24) is 14.5 Å². The number of fused-ring (bicyclic) bond motifs is 1. The second-order valence-corrected chi connectivity index (χ2v) is 7.49. The number of allylic oxidation sites excluding steroid dienone is 2. The molecule has 0 unspecified atom stereocenters. The lowest BCUT2D eigenvalue weighted by atomic mass is 10.1. The van der Waals surface area contributed by atoms with Crippen molar-refractivity contribution in [2.45, 2.75) is 19.8 Å². The molecule has 4 rings (SSSR count). The maximum absolute atomic E-state index is 12.8. The first-order valence-corrected chi connectivity index (χ1v) is 10.2. The largest absolute Gasteiger partial charge is 0.488 e. The average molecular weight is 419 g/mol. The molecule has 2 aromatic rings. The van der Waals surface area contributed by atoms with Crippen molar-refractivity contribution < 1.29 is 14.3 Å². The third kappa shape index (κ3) is 4.01. The average Bonchev–Trinajstić information content (AvgIpc) is 2.82. The fraction of sp³-hybridized carbons (Fsp3) is 0.304. The van der Waals surface area contributed by atoms with Crippen LogP contribution in [0.2, 0.25) is 0 Å². The van der Waals surface area contributed by atoms with Gasteiger partial charge in [-0.3, -0.25) is 19.1 Å². The number of pyridine rings is 2. The van der Waals surface area contributed by atoms with Gasteiger partial charge in [-0.15, -0.1) is 0 Å². The second kappa shape index (κ2) is 8.59. The molecule has 2 aromatic heterocycles. The van der Waals surface area contributed by atoms with Crippen LogP contribution in [-0.4, -0.2) is 53.0 Å². The number of amides is 1. The number of ether oxygens (including phenoxy) is 1. The van der Waals surface area contributed by atoms with Gasteiger partial charge >= 0.3 is 0 Å². The lowest BCUT2D eigenvalue weighted by Gasteiger charge is -2.30. The molecule has 0 atom stereocenters. The molecule has 0 fully saturated rings. The highest BCUT2D eigenvalue weighted by Crippen LogP contribution is 2.35. The Kier molecular flexibility index (Phi) is 5.70. The van der Waals surface area contributed by atoms with Crippen LogP contribution in [0.25, 0.3) is 0 Å². The zero-order valence-corrected chi connectivity index (χ0v) is 17.7. The van der Waals surface area contributed by atoms with Crippen LogP contribution in [0.3, 0.4) is 0 Å². The standard InChI is InChI=1S/C23H25N5O3/c1-16(2)22(29)28-10-7-18(14-20(28)24-3)27-11-12-31-19-13-17(15-25-21(19)27)23(30)26-8-5-4-6-9-26/h5,7-8,10,13-15H,1,4,6,9,11-12H2,2-3H3. The zero-order valence-electron chi connectivity index (χ0n) is 17.7. The van der Waals surface area contributed by atoms with Crippen molar-refractivity contribution in [3.05, 3.63) is 66.1 Å². The molecule has 0 aliphatic carbocycles. The highest BCUT2D eigenvalue weighted by Gasteiger charge is 2.25. The molecular formula is C23H25N5O3. The van der Waals surface area contributed by atoms with E-state index in [0.29, 0.717) is 47.9 Å². The fourth-order valence-electron chi connectivity index (χ4n) is 3.65. The van der Waals surface area contributed by atoms with E-state index in [1.807, 2.05) is 29.3 Å². The van der Waals surface area contributed by atoms with Gasteiger partial charge in [-0.1, -0.05) is 12.7 Å². The normalized spacial score (nSPS) is 16.0. The molecule has 0 bridgehead atoms. The molecule has 0 saturated carbocycles. The summed E-state index contributed by atoms with van der Waals surface area (Å²) in [5.74, 6) is 0.895. The molecule has 0 aromatic carbocycles. The molecule has 0 saturated heterocycles. The van der Waals surface area contributed by atoms with Crippen LogP contribution in [0.5, 0.6) is 5.75 Å². The summed E-state index contributed by atoms with van der Waals surface area (Å²) < 4.78 is 7.28. The number of carbonyl (C=O) groups is 2. The van der Waals surface area contributed by atoms with Gasteiger partial charge in [0.25, 0.3) is 11.8 Å². The second-order valence-electron chi connectivity index (χ2n) is 7.49. The fourth-order valence-corrected chi connectivity index (χ4v) is 3.65. The number of carbonyl (C=O) groups excluding carboxylic acids is 2. The third-order valence-corrected chi connectivity index (χ3v) is 5.27. The monoisotopic (exact) mass is 419 g/mol. The summed E-state index contributed by atoms with van der Waals surface area (Å²) in [5.41, 5.74) is 2.28. The van der Waals surface area contributed by atoms with Crippen LogP contribution < -0.4 is 15.1 Å². The predicted octanol–water partition coefficient (Wildman–Crippen LogP) is 2.91. The van der Waals surface area contributed by atoms with Crippen molar-refractivity contribution in [3.8, 4) is 5.75 Å². The zero-order chi connectivity index (χ0) is 22.0. The van der Waals surface area contributed by atoms with Gasteiger partial charge in [0.1, 0.15) is 12.1 Å². The van der Waals surface area contributed by atoms with Crippen LogP contribution in [0, 0.1) is 0 Å². The molecule has 0 radical (unpaired) electrons. The quantitative estimate of drug-likeness (QED) is 0.715. The van der Waals surface area contributed by atoms with Gasteiger partial charge in [0.15, 0.2) is 11.6 Å². The van der Waals surface area contributed by atoms with E-state index in [1.54, 1.807) is 37.3 Å². The molecule has 8 heteroatoms. The number of nitrogens with zero attached hydrogens (tertiary/aromatic N) is 5. The van der Waals surface area contributed by atoms with Crippen LogP contribution in [-0.2, 0) is 0 Å². The summed E-state index contributed by atoms with van der Waals surface area (Å²) in [6.45, 7) is 7.13. The molecule has 31 heavy (non-hydrogen) atoms. The van der Waals surface area contributed by atoms with E-state index in [2.05, 4.69) is 16.6 Å². The highest BCUT2D eigenvalue weighted by molar-refractivity contribution is 5.96. The van der Waals surface area contributed by atoms with Gasteiger partial charge in [-0.2, -0.15) is 0 Å². The van der Waals surface area contributed by atoms with Crippen molar-refractivity contribution in [3.63, 3.8) is 0 Å². The Morgan fingerprint density at radius 1 is 1.26 bits per heavy atom. The van der Waals surface area contributed by atoms with Crippen LogP contribution >= 0.6 is 0 Å². The summed E-state index contributed by atoms with van der Waals surface area (Å²) in [7, 11) is 1.64. The topological polar surface area (TPSA) is 80.0 Å². The maximum atomic E-state index is 12.8. The first-order chi connectivity index (χ1) is 15.0. The van der Waals surface area contributed by atoms with Gasteiger partial charge in [-0.05, 0) is 31.9 Å². The van der Waals surface area contributed by atoms with Gasteiger partial charge in [0, 0.05) is 49.5 Å².